The molecular formula is C31H36N2O6. The summed E-state index contributed by atoms with van der Waals surface area (Å²) in [5.41, 5.74) is 1.46. The summed E-state index contributed by atoms with van der Waals surface area (Å²) in [7, 11) is 0. The van der Waals surface area contributed by atoms with Gasteiger partial charge in [-0.3, -0.25) is 9.59 Å². The second-order valence-electron chi connectivity index (χ2n) is 8.79. The molecule has 0 radical (unpaired) electrons. The SMILES string of the molecule is CCCCOc1ccccc1C(=O)Nc1ccc(C(=O)OCC)c(NC(=O)c2ccccc2OCCCC)c1. The fourth-order valence-corrected chi connectivity index (χ4v) is 3.71. The first kappa shape index (κ1) is 29.2. The van der Waals surface area contributed by atoms with Gasteiger partial charge in [0.2, 0.25) is 0 Å². The van der Waals surface area contributed by atoms with E-state index in [4.69, 9.17) is 14.2 Å². The highest BCUT2D eigenvalue weighted by atomic mass is 16.5. The van der Waals surface area contributed by atoms with Gasteiger partial charge in [-0.15, -0.1) is 0 Å². The van der Waals surface area contributed by atoms with Crippen molar-refractivity contribution in [3.63, 3.8) is 0 Å². The number of carbonyl (C=O) groups excluding carboxylic acids is 3. The number of unbranched alkanes of at least 4 members (excludes halogenated alkanes) is 2. The molecule has 206 valence electrons. The molecule has 0 spiro atoms. The number of hydrogen-bond acceptors (Lipinski definition) is 6. The van der Waals surface area contributed by atoms with E-state index in [-0.39, 0.29) is 23.8 Å². The Morgan fingerprint density at radius 3 is 1.74 bits per heavy atom. The van der Waals surface area contributed by atoms with Gasteiger partial charge in [-0.25, -0.2) is 4.79 Å². The minimum absolute atomic E-state index is 0.163. The zero-order valence-electron chi connectivity index (χ0n) is 22.8. The Morgan fingerprint density at radius 1 is 0.667 bits per heavy atom. The molecule has 2 amide bonds. The molecule has 0 saturated heterocycles. The maximum absolute atomic E-state index is 13.3. The number of rotatable bonds is 14. The molecule has 39 heavy (non-hydrogen) atoms. The van der Waals surface area contributed by atoms with Crippen LogP contribution >= 0.6 is 0 Å². The molecule has 3 rings (SSSR count). The molecule has 0 saturated carbocycles. The summed E-state index contributed by atoms with van der Waals surface area (Å²) in [6.07, 6.45) is 3.68. The number of benzene rings is 3. The Balaban J connectivity index is 1.87. The average Bonchev–Trinajstić information content (AvgIpc) is 2.94. The standard InChI is InChI=1S/C31H36N2O6/c1-4-7-19-38-27-15-11-9-13-24(27)29(34)32-22-17-18-23(31(36)37-6-3)26(21-22)33-30(35)25-14-10-12-16-28(25)39-20-8-5-2/h9-18,21H,4-8,19-20H2,1-3H3,(H,32,34)(H,33,35). The Morgan fingerprint density at radius 2 is 1.21 bits per heavy atom. The van der Waals surface area contributed by atoms with Crippen LogP contribution < -0.4 is 20.1 Å². The Bertz CT molecular complexity index is 1270. The minimum atomic E-state index is -0.590. The van der Waals surface area contributed by atoms with Crippen LogP contribution in [-0.4, -0.2) is 37.6 Å². The van der Waals surface area contributed by atoms with Gasteiger partial charge in [0.15, 0.2) is 0 Å². The highest BCUT2D eigenvalue weighted by Crippen LogP contribution is 2.27. The second-order valence-corrected chi connectivity index (χ2v) is 8.79. The lowest BCUT2D eigenvalue weighted by Crippen LogP contribution is -2.18. The van der Waals surface area contributed by atoms with E-state index >= 15 is 0 Å². The normalized spacial score (nSPS) is 10.4. The van der Waals surface area contributed by atoms with Gasteiger partial charge in [0, 0.05) is 5.69 Å². The molecule has 0 aliphatic carbocycles. The summed E-state index contributed by atoms with van der Waals surface area (Å²) in [5.74, 6) is -0.485. The van der Waals surface area contributed by atoms with Crippen LogP contribution in [0.4, 0.5) is 11.4 Å². The molecule has 3 aromatic carbocycles. The number of esters is 1. The lowest BCUT2D eigenvalue weighted by molar-refractivity contribution is 0.0527. The summed E-state index contributed by atoms with van der Waals surface area (Å²) >= 11 is 0. The van der Waals surface area contributed by atoms with Gasteiger partial charge in [-0.2, -0.15) is 0 Å². The van der Waals surface area contributed by atoms with Crippen LogP contribution in [0.15, 0.2) is 66.7 Å². The van der Waals surface area contributed by atoms with E-state index in [1.54, 1.807) is 55.5 Å². The van der Waals surface area contributed by atoms with Crippen LogP contribution in [0.2, 0.25) is 0 Å². The number of nitrogens with one attached hydrogen (secondary N) is 2. The van der Waals surface area contributed by atoms with Crippen LogP contribution in [0, 0.1) is 0 Å². The lowest BCUT2D eigenvalue weighted by Gasteiger charge is -2.15. The molecule has 0 fully saturated rings. The third-order valence-corrected chi connectivity index (χ3v) is 5.80. The topological polar surface area (TPSA) is 103 Å². The molecule has 0 unspecified atom stereocenters. The Kier molecular flexibility index (Phi) is 11.4. The molecule has 3 aromatic rings. The van der Waals surface area contributed by atoms with Crippen molar-refractivity contribution in [2.24, 2.45) is 0 Å². The molecule has 0 aliphatic heterocycles. The van der Waals surface area contributed by atoms with Gasteiger partial charge < -0.3 is 24.8 Å². The zero-order chi connectivity index (χ0) is 28.0. The first-order chi connectivity index (χ1) is 19.0. The molecule has 0 bridgehead atoms. The monoisotopic (exact) mass is 532 g/mol. The van der Waals surface area contributed by atoms with E-state index in [9.17, 15) is 14.4 Å². The molecule has 0 aromatic heterocycles. The van der Waals surface area contributed by atoms with Crippen LogP contribution in [0.1, 0.15) is 77.5 Å². The molecule has 2 N–H and O–H groups in total. The fraction of sp³-hybridized carbons (Fsp3) is 0.323. The molecule has 8 nitrogen and oxygen atoms in total. The van der Waals surface area contributed by atoms with Crippen LogP contribution in [0.5, 0.6) is 11.5 Å². The van der Waals surface area contributed by atoms with Crippen molar-refractivity contribution in [3.05, 3.63) is 83.4 Å². The van der Waals surface area contributed by atoms with Crippen molar-refractivity contribution in [1.82, 2.24) is 0 Å². The molecular weight excluding hydrogens is 496 g/mol. The van der Waals surface area contributed by atoms with E-state index in [1.165, 1.54) is 12.1 Å². The Hall–Kier alpha value is -4.33. The quantitative estimate of drug-likeness (QED) is 0.176. The van der Waals surface area contributed by atoms with Gasteiger partial charge >= 0.3 is 5.97 Å². The number of carbonyl (C=O) groups is 3. The van der Waals surface area contributed by atoms with Crippen molar-refractivity contribution in [2.75, 3.05) is 30.5 Å². The minimum Gasteiger partial charge on any atom is -0.493 e. The first-order valence-electron chi connectivity index (χ1n) is 13.4. The number of amides is 2. The highest BCUT2D eigenvalue weighted by molar-refractivity contribution is 6.11. The van der Waals surface area contributed by atoms with Crippen molar-refractivity contribution in [1.29, 1.82) is 0 Å². The van der Waals surface area contributed by atoms with Gasteiger partial charge in [0.25, 0.3) is 11.8 Å². The van der Waals surface area contributed by atoms with E-state index in [2.05, 4.69) is 24.5 Å². The van der Waals surface area contributed by atoms with E-state index in [0.717, 1.165) is 25.7 Å². The zero-order valence-corrected chi connectivity index (χ0v) is 22.8. The van der Waals surface area contributed by atoms with E-state index in [0.29, 0.717) is 41.5 Å². The van der Waals surface area contributed by atoms with Gasteiger partial charge in [0.1, 0.15) is 11.5 Å². The lowest BCUT2D eigenvalue weighted by atomic mass is 10.1. The summed E-state index contributed by atoms with van der Waals surface area (Å²) < 4.78 is 16.8. The predicted octanol–water partition coefficient (Wildman–Crippen LogP) is 6.73. The van der Waals surface area contributed by atoms with Crippen LogP contribution in [-0.2, 0) is 4.74 Å². The first-order valence-corrected chi connectivity index (χ1v) is 13.4. The fourth-order valence-electron chi connectivity index (χ4n) is 3.71. The third-order valence-electron chi connectivity index (χ3n) is 5.80. The molecule has 0 aliphatic rings. The van der Waals surface area contributed by atoms with E-state index < -0.39 is 11.9 Å². The largest absolute Gasteiger partial charge is 0.493 e. The molecule has 8 heteroatoms. The predicted molar refractivity (Wildman–Crippen MR) is 152 cm³/mol. The van der Waals surface area contributed by atoms with Crippen molar-refractivity contribution < 1.29 is 28.6 Å². The molecule has 0 heterocycles. The van der Waals surface area contributed by atoms with Gasteiger partial charge in [-0.05, 0) is 62.2 Å². The second kappa shape index (κ2) is 15.2. The third kappa shape index (κ3) is 8.33. The highest BCUT2D eigenvalue weighted by Gasteiger charge is 2.20. The van der Waals surface area contributed by atoms with Crippen LogP contribution in [0.3, 0.4) is 0 Å². The number of ether oxygens (including phenoxy) is 3. The maximum atomic E-state index is 13.3. The van der Waals surface area contributed by atoms with Gasteiger partial charge in [0.05, 0.1) is 42.2 Å². The van der Waals surface area contributed by atoms with Gasteiger partial charge in [-0.1, -0.05) is 51.0 Å². The Labute approximate surface area is 229 Å². The van der Waals surface area contributed by atoms with E-state index in [1.807, 2.05) is 6.07 Å². The van der Waals surface area contributed by atoms with Crippen molar-refractivity contribution >= 4 is 29.2 Å². The summed E-state index contributed by atoms with van der Waals surface area (Å²) in [6, 6.07) is 18.5. The van der Waals surface area contributed by atoms with Crippen LogP contribution in [0.25, 0.3) is 0 Å². The number of hydrogen-bond donors (Lipinski definition) is 2. The molecule has 0 atom stereocenters. The maximum Gasteiger partial charge on any atom is 0.340 e. The summed E-state index contributed by atoms with van der Waals surface area (Å²) in [5, 5.41) is 5.64. The van der Waals surface area contributed by atoms with Crippen molar-refractivity contribution in [3.8, 4) is 11.5 Å². The average molecular weight is 533 g/mol. The summed E-state index contributed by atoms with van der Waals surface area (Å²) in [4.78, 5) is 39.1. The number of anilines is 2. The smallest absolute Gasteiger partial charge is 0.340 e. The summed E-state index contributed by atoms with van der Waals surface area (Å²) in [6.45, 7) is 7.00. The number of para-hydroxylation sites is 2. The van der Waals surface area contributed by atoms with Crippen molar-refractivity contribution in [2.45, 2.75) is 46.5 Å².